The van der Waals surface area contributed by atoms with Gasteiger partial charge in [-0.2, -0.15) is 13.2 Å². The molecule has 0 atom stereocenters. The van der Waals surface area contributed by atoms with Gasteiger partial charge in [-0.15, -0.1) is 0 Å². The number of para-hydroxylation sites is 1. The van der Waals surface area contributed by atoms with Gasteiger partial charge in [-0.3, -0.25) is 4.79 Å². The zero-order chi connectivity index (χ0) is 18.6. The SMILES string of the molecule is O=C(COC(=O)c1cc(F)cc(F)c1)Nc1ccccc1C(F)(F)F. The van der Waals surface area contributed by atoms with E-state index in [2.05, 4.69) is 4.74 Å². The second kappa shape index (κ2) is 7.29. The molecule has 0 aromatic heterocycles. The maximum Gasteiger partial charge on any atom is 0.418 e. The Hall–Kier alpha value is -2.97. The van der Waals surface area contributed by atoms with Gasteiger partial charge in [0.25, 0.3) is 5.91 Å². The third-order valence-corrected chi connectivity index (χ3v) is 2.94. The highest BCUT2D eigenvalue weighted by Gasteiger charge is 2.33. The summed E-state index contributed by atoms with van der Waals surface area (Å²) < 4.78 is 68.9. The number of carbonyl (C=O) groups is 2. The maximum absolute atomic E-state index is 13.0. The van der Waals surface area contributed by atoms with Crippen LogP contribution in [0.3, 0.4) is 0 Å². The van der Waals surface area contributed by atoms with Crippen LogP contribution in [0.5, 0.6) is 0 Å². The van der Waals surface area contributed by atoms with Gasteiger partial charge in [0.2, 0.25) is 0 Å². The molecule has 132 valence electrons. The smallest absolute Gasteiger partial charge is 0.418 e. The predicted octanol–water partition coefficient (Wildman–Crippen LogP) is 3.78. The number of nitrogens with one attached hydrogen (secondary N) is 1. The predicted molar refractivity (Wildman–Crippen MR) is 76.7 cm³/mol. The van der Waals surface area contributed by atoms with Crippen molar-refractivity contribution in [3.8, 4) is 0 Å². The van der Waals surface area contributed by atoms with Crippen molar-refractivity contribution in [3.05, 3.63) is 65.2 Å². The number of hydrogen-bond acceptors (Lipinski definition) is 3. The lowest BCUT2D eigenvalue weighted by Gasteiger charge is -2.13. The Morgan fingerprint density at radius 3 is 2.20 bits per heavy atom. The summed E-state index contributed by atoms with van der Waals surface area (Å²) in [5.41, 5.74) is -2.05. The number of carbonyl (C=O) groups excluding carboxylic acids is 2. The van der Waals surface area contributed by atoms with Crippen LogP contribution in [0.1, 0.15) is 15.9 Å². The van der Waals surface area contributed by atoms with Crippen LogP contribution < -0.4 is 5.32 Å². The number of anilines is 1. The van der Waals surface area contributed by atoms with Gasteiger partial charge in [0.1, 0.15) is 11.6 Å². The minimum Gasteiger partial charge on any atom is -0.452 e. The first-order valence-corrected chi connectivity index (χ1v) is 6.76. The molecule has 0 unspecified atom stereocenters. The van der Waals surface area contributed by atoms with Crippen LogP contribution in [-0.2, 0) is 15.7 Å². The van der Waals surface area contributed by atoms with Crippen molar-refractivity contribution in [2.24, 2.45) is 0 Å². The van der Waals surface area contributed by atoms with E-state index in [4.69, 9.17) is 0 Å². The average molecular weight is 359 g/mol. The summed E-state index contributed by atoms with van der Waals surface area (Å²) in [5.74, 6) is -4.27. The highest BCUT2D eigenvalue weighted by Crippen LogP contribution is 2.34. The lowest BCUT2D eigenvalue weighted by atomic mass is 10.1. The summed E-state index contributed by atoms with van der Waals surface area (Å²) in [5, 5.41) is 1.96. The molecule has 9 heteroatoms. The highest BCUT2D eigenvalue weighted by molar-refractivity contribution is 5.96. The first kappa shape index (κ1) is 18.4. The molecule has 0 heterocycles. The van der Waals surface area contributed by atoms with Crippen molar-refractivity contribution in [2.75, 3.05) is 11.9 Å². The van der Waals surface area contributed by atoms with E-state index in [1.807, 2.05) is 5.32 Å². The summed E-state index contributed by atoms with van der Waals surface area (Å²) in [6.45, 7) is -0.927. The second-order valence-corrected chi connectivity index (χ2v) is 4.83. The van der Waals surface area contributed by atoms with Gasteiger partial charge in [0, 0.05) is 6.07 Å². The third-order valence-electron chi connectivity index (χ3n) is 2.94. The largest absolute Gasteiger partial charge is 0.452 e. The number of halogens is 5. The van der Waals surface area contributed by atoms with Crippen molar-refractivity contribution in [2.45, 2.75) is 6.18 Å². The number of rotatable bonds is 4. The van der Waals surface area contributed by atoms with Crippen LogP contribution in [-0.4, -0.2) is 18.5 Å². The molecule has 0 aliphatic carbocycles. The average Bonchev–Trinajstić information content (AvgIpc) is 2.51. The van der Waals surface area contributed by atoms with Crippen LogP contribution >= 0.6 is 0 Å². The van der Waals surface area contributed by atoms with E-state index >= 15 is 0 Å². The first-order valence-electron chi connectivity index (χ1n) is 6.76. The van der Waals surface area contributed by atoms with Crippen LogP contribution in [0.25, 0.3) is 0 Å². The lowest BCUT2D eigenvalue weighted by Crippen LogP contribution is -2.22. The molecule has 0 spiro atoms. The van der Waals surface area contributed by atoms with Gasteiger partial charge in [-0.25, -0.2) is 13.6 Å². The van der Waals surface area contributed by atoms with E-state index in [-0.39, 0.29) is 0 Å². The number of esters is 1. The van der Waals surface area contributed by atoms with Crippen molar-refractivity contribution in [1.29, 1.82) is 0 Å². The number of ether oxygens (including phenoxy) is 1. The fourth-order valence-electron chi connectivity index (χ4n) is 1.91. The van der Waals surface area contributed by atoms with Crippen LogP contribution in [0, 0.1) is 11.6 Å². The molecule has 2 aromatic rings. The Morgan fingerprint density at radius 1 is 1.00 bits per heavy atom. The standard InChI is InChI=1S/C16H10F5NO3/c17-10-5-9(6-11(18)7-10)15(24)25-8-14(23)22-13-4-2-1-3-12(13)16(19,20)21/h1-7H,8H2,(H,22,23). The van der Waals surface area contributed by atoms with Gasteiger partial charge in [0.05, 0.1) is 16.8 Å². The molecule has 0 aliphatic heterocycles. The Bertz CT molecular complexity index is 784. The number of hydrogen-bond donors (Lipinski definition) is 1. The molecule has 0 aliphatic rings. The zero-order valence-corrected chi connectivity index (χ0v) is 12.4. The molecule has 1 N–H and O–H groups in total. The van der Waals surface area contributed by atoms with Crippen LogP contribution in [0.4, 0.5) is 27.6 Å². The lowest BCUT2D eigenvalue weighted by molar-refractivity contribution is -0.137. The molecule has 0 saturated heterocycles. The Kier molecular flexibility index (Phi) is 5.35. The summed E-state index contributed by atoms with van der Waals surface area (Å²) in [7, 11) is 0. The highest BCUT2D eigenvalue weighted by atomic mass is 19.4. The quantitative estimate of drug-likeness (QED) is 0.668. The minimum absolute atomic E-state index is 0.471. The molecule has 4 nitrogen and oxygen atoms in total. The van der Waals surface area contributed by atoms with Gasteiger partial charge in [-0.05, 0) is 24.3 Å². The molecular weight excluding hydrogens is 349 g/mol. The van der Waals surface area contributed by atoms with Crippen molar-refractivity contribution in [3.63, 3.8) is 0 Å². The van der Waals surface area contributed by atoms with E-state index in [1.54, 1.807) is 0 Å². The van der Waals surface area contributed by atoms with E-state index in [9.17, 15) is 31.5 Å². The molecule has 0 radical (unpaired) electrons. The first-order chi connectivity index (χ1) is 11.7. The second-order valence-electron chi connectivity index (χ2n) is 4.83. The molecule has 25 heavy (non-hydrogen) atoms. The fourth-order valence-corrected chi connectivity index (χ4v) is 1.91. The van der Waals surface area contributed by atoms with Crippen LogP contribution in [0.15, 0.2) is 42.5 Å². The van der Waals surface area contributed by atoms with E-state index in [0.717, 1.165) is 18.2 Å². The Labute approximate surface area is 138 Å². The fraction of sp³-hybridized carbons (Fsp3) is 0.125. The van der Waals surface area contributed by atoms with E-state index in [0.29, 0.717) is 18.2 Å². The monoisotopic (exact) mass is 359 g/mol. The number of alkyl halides is 3. The van der Waals surface area contributed by atoms with Crippen LogP contribution in [0.2, 0.25) is 0 Å². The summed E-state index contributed by atoms with van der Waals surface area (Å²) in [4.78, 5) is 23.3. The Balaban J connectivity index is 2.01. The number of benzene rings is 2. The Morgan fingerprint density at radius 2 is 1.60 bits per heavy atom. The summed E-state index contributed by atoms with van der Waals surface area (Å²) in [6, 6.07) is 6.17. The van der Waals surface area contributed by atoms with E-state index in [1.165, 1.54) is 6.07 Å². The summed E-state index contributed by atoms with van der Waals surface area (Å²) in [6.07, 6.45) is -4.68. The van der Waals surface area contributed by atoms with Gasteiger partial charge in [0.15, 0.2) is 6.61 Å². The van der Waals surface area contributed by atoms with Gasteiger partial charge >= 0.3 is 12.1 Å². The van der Waals surface area contributed by atoms with Crippen molar-refractivity contribution >= 4 is 17.6 Å². The molecule has 1 amide bonds. The molecule has 2 aromatic carbocycles. The topological polar surface area (TPSA) is 55.4 Å². The third kappa shape index (κ3) is 5.00. The van der Waals surface area contributed by atoms with Crippen molar-refractivity contribution < 1.29 is 36.3 Å². The van der Waals surface area contributed by atoms with Gasteiger partial charge < -0.3 is 10.1 Å². The molecular formula is C16H10F5NO3. The van der Waals surface area contributed by atoms with E-state index < -0.39 is 53.1 Å². The van der Waals surface area contributed by atoms with Gasteiger partial charge in [-0.1, -0.05) is 12.1 Å². The summed E-state index contributed by atoms with van der Waals surface area (Å²) >= 11 is 0. The molecule has 0 fully saturated rings. The molecule has 2 rings (SSSR count). The van der Waals surface area contributed by atoms with Crippen molar-refractivity contribution in [1.82, 2.24) is 0 Å². The molecule has 0 saturated carbocycles. The zero-order valence-electron chi connectivity index (χ0n) is 12.4. The molecule has 0 bridgehead atoms. The maximum atomic E-state index is 13.0. The minimum atomic E-state index is -4.68. The normalized spacial score (nSPS) is 11.1. The number of amides is 1.